The van der Waals surface area contributed by atoms with E-state index in [9.17, 15) is 4.79 Å². The van der Waals surface area contributed by atoms with E-state index in [-0.39, 0.29) is 23.9 Å². The molecule has 116 valence electrons. The van der Waals surface area contributed by atoms with Crippen LogP contribution >= 0.6 is 12.4 Å². The molecule has 1 amide bonds. The van der Waals surface area contributed by atoms with Crippen LogP contribution in [0.5, 0.6) is 0 Å². The summed E-state index contributed by atoms with van der Waals surface area (Å²) in [5.74, 6) is 0.333. The topological polar surface area (TPSA) is 35.6 Å². The molecule has 1 N–H and O–H groups in total. The predicted octanol–water partition coefficient (Wildman–Crippen LogP) is 1.49. The summed E-state index contributed by atoms with van der Waals surface area (Å²) in [4.78, 5) is 17.4. The molecule has 0 bridgehead atoms. The zero-order valence-electron chi connectivity index (χ0n) is 12.7. The average molecular weight is 302 g/mol. The van der Waals surface area contributed by atoms with Crippen LogP contribution in [-0.4, -0.2) is 60.5 Å². The third kappa shape index (κ3) is 3.29. The normalized spacial score (nSPS) is 30.7. The maximum atomic E-state index is 12.7. The van der Waals surface area contributed by atoms with E-state index >= 15 is 0 Å². The monoisotopic (exact) mass is 301 g/mol. The van der Waals surface area contributed by atoms with Gasteiger partial charge in [-0.2, -0.15) is 0 Å². The standard InChI is InChI=1S/C15H27N3O.ClH/c1-15(2)6-3-7-16-13(15)14(19)18-10-8-17(9-11-18)12-4-5-12;/h12-13,16H,3-11H2,1-2H3;1H. The Morgan fingerprint density at radius 1 is 1.15 bits per heavy atom. The van der Waals surface area contributed by atoms with Crippen molar-refractivity contribution in [3.8, 4) is 0 Å². The number of carbonyl (C=O) groups is 1. The Hall–Kier alpha value is -0.320. The summed E-state index contributed by atoms with van der Waals surface area (Å²) < 4.78 is 0. The Kier molecular flexibility index (Phi) is 4.98. The van der Waals surface area contributed by atoms with E-state index in [2.05, 4.69) is 29.0 Å². The van der Waals surface area contributed by atoms with Crippen molar-refractivity contribution in [2.24, 2.45) is 5.41 Å². The number of amides is 1. The van der Waals surface area contributed by atoms with Crippen LogP contribution in [0, 0.1) is 5.41 Å². The first kappa shape index (κ1) is 16.1. The van der Waals surface area contributed by atoms with Crippen LogP contribution in [0.15, 0.2) is 0 Å². The van der Waals surface area contributed by atoms with Crippen LogP contribution in [0.3, 0.4) is 0 Å². The van der Waals surface area contributed by atoms with E-state index in [1.165, 1.54) is 19.3 Å². The van der Waals surface area contributed by atoms with E-state index < -0.39 is 0 Å². The van der Waals surface area contributed by atoms with Gasteiger partial charge in [0.1, 0.15) is 0 Å². The van der Waals surface area contributed by atoms with Crippen LogP contribution in [0.2, 0.25) is 0 Å². The van der Waals surface area contributed by atoms with Gasteiger partial charge in [-0.1, -0.05) is 13.8 Å². The molecule has 2 aliphatic heterocycles. The first-order valence-corrected chi connectivity index (χ1v) is 7.84. The number of piperidine rings is 1. The Bertz CT molecular complexity index is 349. The molecule has 5 heteroatoms. The summed E-state index contributed by atoms with van der Waals surface area (Å²) >= 11 is 0. The number of halogens is 1. The molecule has 0 aromatic heterocycles. The number of nitrogens with one attached hydrogen (secondary N) is 1. The summed E-state index contributed by atoms with van der Waals surface area (Å²) in [6.07, 6.45) is 5.07. The van der Waals surface area contributed by atoms with Gasteiger partial charge in [-0.15, -0.1) is 12.4 Å². The number of carbonyl (C=O) groups excluding carboxylic acids is 1. The fourth-order valence-electron chi connectivity index (χ4n) is 3.56. The minimum absolute atomic E-state index is 0. The van der Waals surface area contributed by atoms with Crippen LogP contribution < -0.4 is 5.32 Å². The van der Waals surface area contributed by atoms with Crippen LogP contribution in [-0.2, 0) is 4.79 Å². The van der Waals surface area contributed by atoms with Crippen LogP contribution in [0.1, 0.15) is 39.5 Å². The zero-order valence-corrected chi connectivity index (χ0v) is 13.5. The highest BCUT2D eigenvalue weighted by molar-refractivity contribution is 5.85. The van der Waals surface area contributed by atoms with Gasteiger partial charge in [0, 0.05) is 32.2 Å². The molecule has 3 aliphatic rings. The lowest BCUT2D eigenvalue weighted by atomic mass is 9.77. The van der Waals surface area contributed by atoms with E-state index in [0.29, 0.717) is 5.91 Å². The molecule has 1 unspecified atom stereocenters. The molecule has 3 rings (SSSR count). The molecule has 0 spiro atoms. The first-order chi connectivity index (χ1) is 9.08. The summed E-state index contributed by atoms with van der Waals surface area (Å²) in [5.41, 5.74) is 0.100. The summed E-state index contributed by atoms with van der Waals surface area (Å²) in [6.45, 7) is 9.42. The van der Waals surface area contributed by atoms with Crippen molar-refractivity contribution in [1.29, 1.82) is 0 Å². The quantitative estimate of drug-likeness (QED) is 0.839. The van der Waals surface area contributed by atoms with Gasteiger partial charge in [-0.3, -0.25) is 9.69 Å². The predicted molar refractivity (Wildman–Crippen MR) is 83.2 cm³/mol. The number of rotatable bonds is 2. The van der Waals surface area contributed by atoms with Crippen molar-refractivity contribution >= 4 is 18.3 Å². The third-order valence-electron chi connectivity index (χ3n) is 5.06. The molecular formula is C15H28ClN3O. The van der Waals surface area contributed by atoms with Crippen molar-refractivity contribution in [1.82, 2.24) is 15.1 Å². The van der Waals surface area contributed by atoms with Gasteiger partial charge in [0.25, 0.3) is 0 Å². The van der Waals surface area contributed by atoms with Gasteiger partial charge < -0.3 is 10.2 Å². The molecule has 2 heterocycles. The lowest BCUT2D eigenvalue weighted by molar-refractivity contribution is -0.139. The fraction of sp³-hybridized carbons (Fsp3) is 0.933. The Morgan fingerprint density at radius 3 is 2.35 bits per heavy atom. The second-order valence-electron chi connectivity index (χ2n) is 7.07. The van der Waals surface area contributed by atoms with Crippen LogP contribution in [0.4, 0.5) is 0 Å². The lowest BCUT2D eigenvalue weighted by Crippen LogP contribution is -2.59. The maximum Gasteiger partial charge on any atom is 0.240 e. The second kappa shape index (κ2) is 6.20. The molecular weight excluding hydrogens is 274 g/mol. The highest BCUT2D eigenvalue weighted by Gasteiger charge is 2.40. The minimum Gasteiger partial charge on any atom is -0.339 e. The second-order valence-corrected chi connectivity index (χ2v) is 7.07. The van der Waals surface area contributed by atoms with Crippen molar-refractivity contribution in [3.05, 3.63) is 0 Å². The molecule has 3 fully saturated rings. The van der Waals surface area contributed by atoms with E-state index in [1.54, 1.807) is 0 Å². The number of hydrogen-bond acceptors (Lipinski definition) is 3. The molecule has 4 nitrogen and oxygen atoms in total. The smallest absolute Gasteiger partial charge is 0.240 e. The number of piperazine rings is 1. The number of nitrogens with zero attached hydrogens (tertiary/aromatic N) is 2. The van der Waals surface area contributed by atoms with Crippen molar-refractivity contribution in [2.45, 2.75) is 51.6 Å². The lowest BCUT2D eigenvalue weighted by Gasteiger charge is -2.43. The zero-order chi connectivity index (χ0) is 13.5. The minimum atomic E-state index is 0. The molecule has 1 aliphatic carbocycles. The van der Waals surface area contributed by atoms with Crippen molar-refractivity contribution in [3.63, 3.8) is 0 Å². The van der Waals surface area contributed by atoms with E-state index in [0.717, 1.165) is 45.2 Å². The Balaban J connectivity index is 0.00000147. The molecule has 0 radical (unpaired) electrons. The highest BCUT2D eigenvalue weighted by atomic mass is 35.5. The van der Waals surface area contributed by atoms with Crippen LogP contribution in [0.25, 0.3) is 0 Å². The molecule has 0 aromatic carbocycles. The molecule has 20 heavy (non-hydrogen) atoms. The molecule has 1 saturated carbocycles. The van der Waals surface area contributed by atoms with Gasteiger partial charge >= 0.3 is 0 Å². The fourth-order valence-corrected chi connectivity index (χ4v) is 3.56. The first-order valence-electron chi connectivity index (χ1n) is 7.84. The third-order valence-corrected chi connectivity index (χ3v) is 5.06. The molecule has 1 atom stereocenters. The van der Waals surface area contributed by atoms with Gasteiger partial charge in [-0.25, -0.2) is 0 Å². The summed E-state index contributed by atoms with van der Waals surface area (Å²) in [5, 5.41) is 3.45. The van der Waals surface area contributed by atoms with Crippen molar-refractivity contribution < 1.29 is 4.79 Å². The molecule has 2 saturated heterocycles. The van der Waals surface area contributed by atoms with Gasteiger partial charge in [0.15, 0.2) is 0 Å². The SMILES string of the molecule is CC1(C)CCCNC1C(=O)N1CCN(C2CC2)CC1.Cl. The molecule has 0 aromatic rings. The van der Waals surface area contributed by atoms with Crippen molar-refractivity contribution in [2.75, 3.05) is 32.7 Å². The van der Waals surface area contributed by atoms with Gasteiger partial charge in [-0.05, 0) is 37.6 Å². The number of hydrogen-bond donors (Lipinski definition) is 1. The van der Waals surface area contributed by atoms with Gasteiger partial charge in [0.05, 0.1) is 6.04 Å². The van der Waals surface area contributed by atoms with E-state index in [4.69, 9.17) is 0 Å². The maximum absolute atomic E-state index is 12.7. The average Bonchev–Trinajstić information content (AvgIpc) is 3.22. The van der Waals surface area contributed by atoms with E-state index in [1.807, 2.05) is 0 Å². The Morgan fingerprint density at radius 2 is 1.80 bits per heavy atom. The summed E-state index contributed by atoms with van der Waals surface area (Å²) in [7, 11) is 0. The highest BCUT2D eigenvalue weighted by Crippen LogP contribution is 2.32. The Labute approximate surface area is 128 Å². The largest absolute Gasteiger partial charge is 0.339 e. The van der Waals surface area contributed by atoms with Gasteiger partial charge in [0.2, 0.25) is 5.91 Å². The summed E-state index contributed by atoms with van der Waals surface area (Å²) in [6, 6.07) is 0.857.